The lowest BCUT2D eigenvalue weighted by atomic mass is 9.77. The second-order valence-corrected chi connectivity index (χ2v) is 8.31. The van der Waals surface area contributed by atoms with E-state index >= 15 is 0 Å². The van der Waals surface area contributed by atoms with E-state index in [4.69, 9.17) is 0 Å². The number of hydrogen-bond acceptors (Lipinski definition) is 0. The summed E-state index contributed by atoms with van der Waals surface area (Å²) in [6, 6.07) is 4.46. The van der Waals surface area contributed by atoms with Crippen LogP contribution in [-0.4, -0.2) is 0 Å². The van der Waals surface area contributed by atoms with Crippen LogP contribution in [0.3, 0.4) is 0 Å². The fourth-order valence-corrected chi connectivity index (χ4v) is 2.44. The predicted octanol–water partition coefficient (Wildman–Crippen LogP) is 4.32. The Morgan fingerprint density at radius 1 is 0.778 bits per heavy atom. The van der Waals surface area contributed by atoms with Gasteiger partial charge in [-0.15, -0.1) is 0 Å². The summed E-state index contributed by atoms with van der Waals surface area (Å²) in [5.74, 6) is 0. The van der Waals surface area contributed by atoms with Crippen LogP contribution >= 0.6 is 0 Å². The second-order valence-electron chi connectivity index (χ2n) is 8.31. The van der Waals surface area contributed by atoms with Gasteiger partial charge < -0.3 is 0 Å². The quantitative estimate of drug-likeness (QED) is 0.602. The number of aromatic nitrogens is 1. The summed E-state index contributed by atoms with van der Waals surface area (Å²) in [7, 11) is 0. The highest BCUT2D eigenvalue weighted by Gasteiger charge is 2.37. The molecule has 0 radical (unpaired) electrons. The van der Waals surface area contributed by atoms with E-state index in [0.29, 0.717) is 0 Å². The molecule has 1 heterocycles. The maximum Gasteiger partial charge on any atom is 0.190 e. The fraction of sp³-hybridized carbons (Fsp3) is 0.706. The molecule has 0 aliphatic heterocycles. The minimum atomic E-state index is 0.115. The van der Waals surface area contributed by atoms with Crippen LogP contribution < -0.4 is 4.57 Å². The third-order valence-electron chi connectivity index (χ3n) is 3.24. The van der Waals surface area contributed by atoms with Crippen molar-refractivity contribution in [2.24, 2.45) is 0 Å². The molecule has 18 heavy (non-hydrogen) atoms. The van der Waals surface area contributed by atoms with Crippen molar-refractivity contribution in [3.05, 3.63) is 29.6 Å². The van der Waals surface area contributed by atoms with Gasteiger partial charge in [-0.3, -0.25) is 0 Å². The van der Waals surface area contributed by atoms with E-state index in [9.17, 15) is 0 Å². The van der Waals surface area contributed by atoms with Crippen molar-refractivity contribution in [3.63, 3.8) is 0 Å². The zero-order chi connectivity index (χ0) is 14.4. The number of hydrogen-bond donors (Lipinski definition) is 0. The van der Waals surface area contributed by atoms with Crippen molar-refractivity contribution in [3.8, 4) is 0 Å². The molecule has 1 aromatic rings. The monoisotopic (exact) mass is 248 g/mol. The molecule has 0 fully saturated rings. The highest BCUT2D eigenvalue weighted by Crippen LogP contribution is 2.32. The van der Waals surface area contributed by atoms with Gasteiger partial charge in [0, 0.05) is 37.8 Å². The number of rotatable bonds is 0. The average molecular weight is 248 g/mol. The van der Waals surface area contributed by atoms with Gasteiger partial charge in [0.15, 0.2) is 17.4 Å². The van der Waals surface area contributed by atoms with Crippen LogP contribution in [0.5, 0.6) is 0 Å². The zero-order valence-corrected chi connectivity index (χ0v) is 13.7. The summed E-state index contributed by atoms with van der Waals surface area (Å²) < 4.78 is 2.44. The Bertz CT molecular complexity index is 390. The number of pyridine rings is 1. The fourth-order valence-electron chi connectivity index (χ4n) is 2.44. The zero-order valence-electron chi connectivity index (χ0n) is 13.7. The third kappa shape index (κ3) is 3.13. The maximum absolute atomic E-state index is 2.44. The summed E-state index contributed by atoms with van der Waals surface area (Å²) in [5.41, 5.74) is 3.34. The van der Waals surface area contributed by atoms with Crippen LogP contribution in [-0.2, 0) is 16.4 Å². The summed E-state index contributed by atoms with van der Waals surface area (Å²) in [5, 5.41) is 0. The highest BCUT2D eigenvalue weighted by atomic mass is 15.0. The molecular weight excluding hydrogens is 218 g/mol. The Labute approximate surface area is 113 Å². The Morgan fingerprint density at radius 3 is 1.61 bits per heavy atom. The van der Waals surface area contributed by atoms with Crippen LogP contribution in [0.4, 0.5) is 0 Å². The smallest absolute Gasteiger partial charge is 0.190 e. The molecule has 0 bridgehead atoms. The third-order valence-corrected chi connectivity index (χ3v) is 3.24. The largest absolute Gasteiger partial charge is 0.197 e. The highest BCUT2D eigenvalue weighted by molar-refractivity contribution is 5.28. The molecular formula is C17H30N+. The van der Waals surface area contributed by atoms with Gasteiger partial charge in [-0.05, 0) is 11.5 Å². The van der Waals surface area contributed by atoms with E-state index in [0.717, 1.165) is 0 Å². The molecule has 0 aliphatic carbocycles. The van der Waals surface area contributed by atoms with Gasteiger partial charge in [0.05, 0.1) is 0 Å². The topological polar surface area (TPSA) is 3.88 Å². The second kappa shape index (κ2) is 4.36. The van der Waals surface area contributed by atoms with Crippen molar-refractivity contribution < 1.29 is 4.57 Å². The Morgan fingerprint density at radius 2 is 1.28 bits per heavy atom. The van der Waals surface area contributed by atoms with E-state index < -0.39 is 0 Å². The van der Waals surface area contributed by atoms with E-state index in [2.05, 4.69) is 85.2 Å². The molecule has 1 heteroatoms. The molecule has 0 spiro atoms. The van der Waals surface area contributed by atoms with E-state index in [1.165, 1.54) is 11.3 Å². The van der Waals surface area contributed by atoms with Crippen molar-refractivity contribution in [2.75, 3.05) is 0 Å². The van der Waals surface area contributed by atoms with Crippen LogP contribution in [0, 0.1) is 0 Å². The molecule has 0 aromatic carbocycles. The molecule has 0 saturated heterocycles. The van der Waals surface area contributed by atoms with Gasteiger partial charge >= 0.3 is 0 Å². The lowest BCUT2D eigenvalue weighted by Gasteiger charge is -2.30. The van der Waals surface area contributed by atoms with Crippen molar-refractivity contribution in [1.82, 2.24) is 0 Å². The van der Waals surface area contributed by atoms with Crippen molar-refractivity contribution >= 4 is 0 Å². The normalized spacial score (nSPS) is 13.8. The lowest BCUT2D eigenvalue weighted by molar-refractivity contribution is -0.763. The molecule has 0 aliphatic rings. The standard InChI is InChI=1S/C17H30N/c1-15(2,3)13-11-10-12-18(17(7,8)9)14(13)16(4,5)6/h10-12H,1-9H3/q+1. The molecule has 0 saturated carbocycles. The van der Waals surface area contributed by atoms with E-state index in [1.54, 1.807) is 0 Å². The molecule has 1 nitrogen and oxygen atoms in total. The van der Waals surface area contributed by atoms with Gasteiger partial charge in [0.2, 0.25) is 0 Å². The molecule has 1 rings (SSSR count). The SMILES string of the molecule is CC(C)(C)c1ccc[n+](C(C)(C)C)c1C(C)(C)C. The van der Waals surface area contributed by atoms with Gasteiger partial charge in [-0.25, -0.2) is 0 Å². The minimum Gasteiger partial charge on any atom is -0.197 e. The average Bonchev–Trinajstić information content (AvgIpc) is 2.12. The van der Waals surface area contributed by atoms with Crippen LogP contribution in [0.2, 0.25) is 0 Å². The molecule has 0 amide bonds. The van der Waals surface area contributed by atoms with Crippen molar-refractivity contribution in [1.29, 1.82) is 0 Å². The minimum absolute atomic E-state index is 0.115. The van der Waals surface area contributed by atoms with Gasteiger partial charge in [0.1, 0.15) is 0 Å². The summed E-state index contributed by atoms with van der Waals surface area (Å²) in [4.78, 5) is 0. The van der Waals surface area contributed by atoms with E-state index in [1.807, 2.05) is 0 Å². The Balaban J connectivity index is 3.68. The number of nitrogens with zero attached hydrogens (tertiary/aromatic N) is 1. The molecule has 1 aromatic heterocycles. The van der Waals surface area contributed by atoms with Crippen LogP contribution in [0.1, 0.15) is 73.6 Å². The predicted molar refractivity (Wildman–Crippen MR) is 79.0 cm³/mol. The summed E-state index contributed by atoms with van der Waals surface area (Å²) >= 11 is 0. The van der Waals surface area contributed by atoms with Gasteiger partial charge in [-0.1, -0.05) is 41.5 Å². The molecule has 0 unspecified atom stereocenters. The summed E-state index contributed by atoms with van der Waals surface area (Å²) in [6.45, 7) is 20.6. The molecule has 102 valence electrons. The van der Waals surface area contributed by atoms with Crippen LogP contribution in [0.15, 0.2) is 18.3 Å². The van der Waals surface area contributed by atoms with Gasteiger partial charge in [-0.2, -0.15) is 4.57 Å². The lowest BCUT2D eigenvalue weighted by Crippen LogP contribution is -2.56. The van der Waals surface area contributed by atoms with E-state index in [-0.39, 0.29) is 16.4 Å². The maximum atomic E-state index is 2.44. The first-order valence-corrected chi connectivity index (χ1v) is 6.91. The first kappa shape index (κ1) is 15.2. The Kier molecular flexibility index (Phi) is 3.69. The van der Waals surface area contributed by atoms with Crippen LogP contribution in [0.25, 0.3) is 0 Å². The van der Waals surface area contributed by atoms with Crippen molar-refractivity contribution in [2.45, 2.75) is 78.7 Å². The Hall–Kier alpha value is -0.850. The summed E-state index contributed by atoms with van der Waals surface area (Å²) in [6.07, 6.45) is 2.22. The first-order valence-electron chi connectivity index (χ1n) is 6.91. The molecule has 0 N–H and O–H groups in total. The first-order chi connectivity index (χ1) is 7.85. The van der Waals surface area contributed by atoms with Gasteiger partial charge in [0.25, 0.3) is 0 Å². The molecule has 0 atom stereocenters.